The molecule has 0 aromatic carbocycles. The lowest BCUT2D eigenvalue weighted by Gasteiger charge is -2.22. The number of ketones is 2. The van der Waals surface area contributed by atoms with E-state index in [4.69, 9.17) is 10.1 Å². The number of nitrogens with one attached hydrogen (secondary N) is 2. The normalized spacial score (nSPS) is 21.3. The predicted octanol–water partition coefficient (Wildman–Crippen LogP) is -0.807. The second-order valence-electron chi connectivity index (χ2n) is 3.00. The molecule has 1 rings (SSSR count). The summed E-state index contributed by atoms with van der Waals surface area (Å²) in [6.45, 7) is 1.26. The summed E-state index contributed by atoms with van der Waals surface area (Å²) < 4.78 is 4.86. The van der Waals surface area contributed by atoms with Gasteiger partial charge in [0, 0.05) is 20.1 Å². The summed E-state index contributed by atoms with van der Waals surface area (Å²) >= 11 is 0. The van der Waals surface area contributed by atoms with E-state index in [1.54, 1.807) is 0 Å². The van der Waals surface area contributed by atoms with Crippen LogP contribution in [0.5, 0.6) is 0 Å². The lowest BCUT2D eigenvalue weighted by molar-refractivity contribution is -0.130. The van der Waals surface area contributed by atoms with Crippen LogP contribution in [0.4, 0.5) is 0 Å². The summed E-state index contributed by atoms with van der Waals surface area (Å²) in [4.78, 5) is 33.0. The minimum absolute atomic E-state index is 0.125. The number of carbonyl (C=O) groups is 3. The zero-order valence-electron chi connectivity index (χ0n) is 8.29. The number of methoxy groups -OCH3 is 1. The van der Waals surface area contributed by atoms with Crippen molar-refractivity contribution in [1.29, 1.82) is 5.41 Å². The number of amides is 1. The van der Waals surface area contributed by atoms with Crippen LogP contribution < -0.4 is 5.32 Å². The van der Waals surface area contributed by atoms with Gasteiger partial charge in [-0.05, 0) is 0 Å². The third-order valence-electron chi connectivity index (χ3n) is 1.86. The Morgan fingerprint density at radius 1 is 1.53 bits per heavy atom. The molecule has 0 heterocycles. The second kappa shape index (κ2) is 4.14. The molecule has 0 saturated carbocycles. The van der Waals surface area contributed by atoms with E-state index in [0.717, 1.165) is 6.08 Å². The molecule has 0 bridgehead atoms. The summed E-state index contributed by atoms with van der Waals surface area (Å²) in [6, 6.07) is 0. The predicted molar refractivity (Wildman–Crippen MR) is 50.4 cm³/mol. The first kappa shape index (κ1) is 11.3. The van der Waals surface area contributed by atoms with E-state index in [9.17, 15) is 14.4 Å². The summed E-state index contributed by atoms with van der Waals surface area (Å²) in [5.41, 5.74) is -0.339. The van der Waals surface area contributed by atoms with E-state index in [-0.39, 0.29) is 5.70 Å². The first-order valence-electron chi connectivity index (χ1n) is 4.16. The largest absolute Gasteiger partial charge is 0.369 e. The molecule has 0 aliphatic heterocycles. The van der Waals surface area contributed by atoms with Crippen molar-refractivity contribution < 1.29 is 19.1 Å². The maximum Gasteiger partial charge on any atom is 0.249 e. The number of Topliss-reactive ketones (excluding diaryl/α,β-unsaturated/α-hetero) is 1. The molecule has 2 N–H and O–H groups in total. The standard InChI is InChI=1S/C9H10N2O4/c1-4(12)11-5-3-6(13)8(14)7(10)9(5)15-2/h3,9-10H,1-2H3,(H,11,12). The Bertz CT molecular complexity index is 384. The number of ether oxygens (including phenoxy) is 1. The minimum Gasteiger partial charge on any atom is -0.369 e. The van der Waals surface area contributed by atoms with Crippen LogP contribution in [-0.2, 0) is 19.1 Å². The van der Waals surface area contributed by atoms with Crippen molar-refractivity contribution in [3.05, 3.63) is 11.8 Å². The van der Waals surface area contributed by atoms with Crippen molar-refractivity contribution in [2.75, 3.05) is 7.11 Å². The Kier molecular flexibility index (Phi) is 3.11. The fourth-order valence-electron chi connectivity index (χ4n) is 1.24. The Balaban J connectivity index is 3.06. The van der Waals surface area contributed by atoms with Gasteiger partial charge < -0.3 is 10.1 Å². The van der Waals surface area contributed by atoms with Crippen molar-refractivity contribution >= 4 is 23.2 Å². The Morgan fingerprint density at radius 3 is 2.60 bits per heavy atom. The molecule has 0 fully saturated rings. The van der Waals surface area contributed by atoms with Crippen LogP contribution in [0, 0.1) is 5.41 Å². The molecule has 0 aromatic rings. The second-order valence-corrected chi connectivity index (χ2v) is 3.00. The van der Waals surface area contributed by atoms with Gasteiger partial charge in [0.2, 0.25) is 17.5 Å². The van der Waals surface area contributed by atoms with Gasteiger partial charge in [-0.2, -0.15) is 0 Å². The van der Waals surface area contributed by atoms with Crippen molar-refractivity contribution in [3.8, 4) is 0 Å². The first-order valence-corrected chi connectivity index (χ1v) is 4.16. The highest BCUT2D eigenvalue weighted by atomic mass is 16.5. The highest BCUT2D eigenvalue weighted by Crippen LogP contribution is 2.11. The lowest BCUT2D eigenvalue weighted by Crippen LogP contribution is -2.44. The Hall–Kier alpha value is -1.82. The van der Waals surface area contributed by atoms with Gasteiger partial charge in [-0.1, -0.05) is 0 Å². The van der Waals surface area contributed by atoms with Crippen LogP contribution in [-0.4, -0.2) is 36.4 Å². The molecule has 1 aliphatic carbocycles. The average molecular weight is 210 g/mol. The van der Waals surface area contributed by atoms with Gasteiger partial charge >= 0.3 is 0 Å². The molecule has 1 atom stereocenters. The molecule has 80 valence electrons. The van der Waals surface area contributed by atoms with E-state index < -0.39 is 29.3 Å². The van der Waals surface area contributed by atoms with E-state index in [0.29, 0.717) is 0 Å². The van der Waals surface area contributed by atoms with Gasteiger partial charge in [0.05, 0.1) is 5.70 Å². The third kappa shape index (κ3) is 2.16. The third-order valence-corrected chi connectivity index (χ3v) is 1.86. The molecule has 6 heteroatoms. The monoisotopic (exact) mass is 210 g/mol. The Labute approximate surface area is 85.8 Å². The SMILES string of the molecule is COC1C(=N)C(=O)C(=O)C=C1NC(C)=O. The zero-order chi connectivity index (χ0) is 11.6. The van der Waals surface area contributed by atoms with E-state index in [1.807, 2.05) is 0 Å². The van der Waals surface area contributed by atoms with Gasteiger partial charge in [0.15, 0.2) is 0 Å². The zero-order valence-corrected chi connectivity index (χ0v) is 8.29. The van der Waals surface area contributed by atoms with Crippen molar-refractivity contribution in [1.82, 2.24) is 5.32 Å². The van der Waals surface area contributed by atoms with Crippen LogP contribution >= 0.6 is 0 Å². The number of hydrogen-bond acceptors (Lipinski definition) is 5. The molecular formula is C9H10N2O4. The molecule has 0 saturated heterocycles. The molecule has 15 heavy (non-hydrogen) atoms. The summed E-state index contributed by atoms with van der Waals surface area (Å²) in [7, 11) is 1.29. The molecule has 1 amide bonds. The van der Waals surface area contributed by atoms with Crippen LogP contribution in [0.2, 0.25) is 0 Å². The van der Waals surface area contributed by atoms with Crippen molar-refractivity contribution in [3.63, 3.8) is 0 Å². The molecular weight excluding hydrogens is 200 g/mol. The molecule has 0 aromatic heterocycles. The van der Waals surface area contributed by atoms with E-state index in [1.165, 1.54) is 14.0 Å². The molecule has 6 nitrogen and oxygen atoms in total. The summed E-state index contributed by atoms with van der Waals surface area (Å²) in [6.07, 6.45) is 0.00903. The number of rotatable bonds is 2. The molecule has 1 aliphatic rings. The van der Waals surface area contributed by atoms with Crippen LogP contribution in [0.15, 0.2) is 11.8 Å². The fraction of sp³-hybridized carbons (Fsp3) is 0.333. The van der Waals surface area contributed by atoms with Crippen LogP contribution in [0.1, 0.15) is 6.92 Å². The summed E-state index contributed by atoms with van der Waals surface area (Å²) in [5.74, 6) is -2.12. The lowest BCUT2D eigenvalue weighted by atomic mass is 9.97. The van der Waals surface area contributed by atoms with Crippen molar-refractivity contribution in [2.24, 2.45) is 0 Å². The maximum atomic E-state index is 11.1. The van der Waals surface area contributed by atoms with Gasteiger partial charge in [-0.15, -0.1) is 0 Å². The molecule has 0 radical (unpaired) electrons. The number of carbonyl (C=O) groups excluding carboxylic acids is 3. The highest BCUT2D eigenvalue weighted by molar-refractivity contribution is 6.69. The Morgan fingerprint density at radius 2 is 2.13 bits per heavy atom. The molecule has 0 spiro atoms. The van der Waals surface area contributed by atoms with Gasteiger partial charge in [0.1, 0.15) is 11.8 Å². The van der Waals surface area contributed by atoms with Crippen molar-refractivity contribution in [2.45, 2.75) is 13.0 Å². The maximum absolute atomic E-state index is 11.1. The van der Waals surface area contributed by atoms with E-state index in [2.05, 4.69) is 5.32 Å². The van der Waals surface area contributed by atoms with Gasteiger partial charge in [0.25, 0.3) is 0 Å². The van der Waals surface area contributed by atoms with Gasteiger partial charge in [-0.25, -0.2) is 0 Å². The first-order chi connectivity index (χ1) is 6.97. The average Bonchev–Trinajstić information content (AvgIpc) is 2.14. The quantitative estimate of drug-likeness (QED) is 0.583. The van der Waals surface area contributed by atoms with Crippen LogP contribution in [0.25, 0.3) is 0 Å². The smallest absolute Gasteiger partial charge is 0.249 e. The number of hydrogen-bond donors (Lipinski definition) is 2. The van der Waals surface area contributed by atoms with Crippen LogP contribution in [0.3, 0.4) is 0 Å². The molecule has 1 unspecified atom stereocenters. The minimum atomic E-state index is -0.973. The number of allylic oxidation sites excluding steroid dienone is 1. The van der Waals surface area contributed by atoms with Gasteiger partial charge in [-0.3, -0.25) is 19.8 Å². The highest BCUT2D eigenvalue weighted by Gasteiger charge is 2.34. The fourth-order valence-corrected chi connectivity index (χ4v) is 1.24. The summed E-state index contributed by atoms with van der Waals surface area (Å²) in [5, 5.41) is 9.72. The topological polar surface area (TPSA) is 96.3 Å². The van der Waals surface area contributed by atoms with E-state index >= 15 is 0 Å².